The van der Waals surface area contributed by atoms with Gasteiger partial charge in [0, 0.05) is 17.9 Å². The van der Waals surface area contributed by atoms with E-state index >= 15 is 0 Å². The number of unbranched alkanes of at least 4 members (excludes halogenated alkanes) is 1. The molecule has 0 radical (unpaired) electrons. The monoisotopic (exact) mass is 163 g/mol. The lowest BCUT2D eigenvalue weighted by Crippen LogP contribution is -2.26. The third-order valence-electron chi connectivity index (χ3n) is 1.18. The van der Waals surface area contributed by atoms with Crippen molar-refractivity contribution in [2.75, 3.05) is 12.3 Å². The second kappa shape index (κ2) is 7.38. The van der Waals surface area contributed by atoms with Gasteiger partial charge in [0.25, 0.3) is 0 Å². The van der Waals surface area contributed by atoms with Crippen LogP contribution in [0.3, 0.4) is 0 Å². The highest BCUT2D eigenvalue weighted by molar-refractivity contribution is 7.89. The van der Waals surface area contributed by atoms with Gasteiger partial charge >= 0.3 is 0 Å². The van der Waals surface area contributed by atoms with Gasteiger partial charge in [-0.05, 0) is 12.8 Å². The molecule has 1 atom stereocenters. The van der Waals surface area contributed by atoms with Crippen LogP contribution in [0, 0.1) is 0 Å². The fraction of sp³-hybridized carbons (Fsp3) is 1.00. The molecule has 0 spiro atoms. The van der Waals surface area contributed by atoms with Gasteiger partial charge in [0.2, 0.25) is 0 Å². The van der Waals surface area contributed by atoms with Crippen molar-refractivity contribution in [3.63, 3.8) is 0 Å². The maximum atomic E-state index is 10.9. The zero-order valence-electron chi connectivity index (χ0n) is 6.85. The van der Waals surface area contributed by atoms with E-state index in [0.717, 1.165) is 31.6 Å². The molecule has 0 heterocycles. The van der Waals surface area contributed by atoms with Crippen LogP contribution in [0.15, 0.2) is 0 Å². The summed E-state index contributed by atoms with van der Waals surface area (Å²) in [5.41, 5.74) is 0. The van der Waals surface area contributed by atoms with Crippen molar-refractivity contribution in [1.82, 2.24) is 4.72 Å². The first-order valence-electron chi connectivity index (χ1n) is 3.93. The maximum absolute atomic E-state index is 10.9. The predicted octanol–water partition coefficient (Wildman–Crippen LogP) is 1.45. The Morgan fingerprint density at radius 2 is 2.00 bits per heavy atom. The van der Waals surface area contributed by atoms with Crippen LogP contribution in [0.4, 0.5) is 0 Å². The minimum atomic E-state index is -0.772. The summed E-state index contributed by atoms with van der Waals surface area (Å²) < 4.78 is 13.9. The molecule has 2 nitrogen and oxygen atoms in total. The molecule has 0 bridgehead atoms. The van der Waals surface area contributed by atoms with Gasteiger partial charge in [-0.2, -0.15) is 0 Å². The van der Waals surface area contributed by atoms with Gasteiger partial charge in [-0.25, -0.2) is 0 Å². The first kappa shape index (κ1) is 10.3. The Morgan fingerprint density at radius 3 is 2.50 bits per heavy atom. The summed E-state index contributed by atoms with van der Waals surface area (Å²) in [5, 5.41) is 0. The Labute approximate surface area is 66.7 Å². The van der Waals surface area contributed by atoms with Crippen LogP contribution >= 0.6 is 0 Å². The average molecular weight is 163 g/mol. The van der Waals surface area contributed by atoms with Crippen molar-refractivity contribution in [2.45, 2.75) is 33.1 Å². The smallest absolute Gasteiger partial charge is 0.125 e. The van der Waals surface area contributed by atoms with E-state index in [1.165, 1.54) is 0 Å². The van der Waals surface area contributed by atoms with Crippen LogP contribution in [0.2, 0.25) is 0 Å². The summed E-state index contributed by atoms with van der Waals surface area (Å²) in [4.78, 5) is 0. The Morgan fingerprint density at radius 1 is 1.30 bits per heavy atom. The number of nitrogens with one attached hydrogen (secondary N) is 1. The molecule has 10 heavy (non-hydrogen) atoms. The molecular weight excluding hydrogens is 146 g/mol. The molecule has 0 amide bonds. The van der Waals surface area contributed by atoms with E-state index in [-0.39, 0.29) is 0 Å². The third kappa shape index (κ3) is 6.39. The first-order chi connectivity index (χ1) is 4.81. The molecule has 0 fully saturated rings. The molecule has 0 aliphatic rings. The van der Waals surface area contributed by atoms with Crippen molar-refractivity contribution < 1.29 is 4.55 Å². The fourth-order valence-electron chi connectivity index (χ4n) is 0.620. The number of hydrogen-bond donors (Lipinski definition) is 1. The molecule has 0 saturated heterocycles. The summed E-state index contributed by atoms with van der Waals surface area (Å²) in [6.07, 6.45) is 3.28. The van der Waals surface area contributed by atoms with Gasteiger partial charge in [0.05, 0.1) is 0 Å². The third-order valence-corrected chi connectivity index (χ3v) is 2.49. The Kier molecular flexibility index (Phi) is 7.58. The molecule has 62 valence electrons. The minimum absolute atomic E-state index is 0.772. The molecule has 1 unspecified atom stereocenters. The van der Waals surface area contributed by atoms with Gasteiger partial charge in [-0.1, -0.05) is 20.3 Å². The zero-order chi connectivity index (χ0) is 7.82. The van der Waals surface area contributed by atoms with E-state index in [0.29, 0.717) is 0 Å². The van der Waals surface area contributed by atoms with E-state index in [9.17, 15) is 4.55 Å². The van der Waals surface area contributed by atoms with E-state index in [4.69, 9.17) is 0 Å². The second-order valence-corrected chi connectivity index (χ2v) is 3.69. The molecule has 0 saturated carbocycles. The zero-order valence-corrected chi connectivity index (χ0v) is 7.67. The molecule has 0 aliphatic heterocycles. The standard InChI is InChI=1S/C7H17NOS/c1-3-5-6-8-10(9)7-4-2/h8H,3-7H2,1-2H3. The molecule has 0 aromatic rings. The summed E-state index contributed by atoms with van der Waals surface area (Å²) in [6, 6.07) is 0. The lowest BCUT2D eigenvalue weighted by atomic mass is 10.3. The van der Waals surface area contributed by atoms with Crippen molar-refractivity contribution in [2.24, 2.45) is 0 Å². The minimum Gasteiger partial charge on any atom is -0.598 e. The van der Waals surface area contributed by atoms with E-state index < -0.39 is 11.4 Å². The molecular formula is C7H17NOS. The molecule has 0 aromatic carbocycles. The van der Waals surface area contributed by atoms with Crippen LogP contribution in [0.5, 0.6) is 0 Å². The Balaban J connectivity index is 2.97. The first-order valence-corrected chi connectivity index (χ1v) is 5.25. The van der Waals surface area contributed by atoms with Crippen LogP contribution in [0.25, 0.3) is 0 Å². The number of rotatable bonds is 6. The van der Waals surface area contributed by atoms with Crippen molar-refractivity contribution in [3.05, 3.63) is 0 Å². The van der Waals surface area contributed by atoms with Crippen LogP contribution in [0.1, 0.15) is 33.1 Å². The predicted molar refractivity (Wildman–Crippen MR) is 46.2 cm³/mol. The van der Waals surface area contributed by atoms with Gasteiger partial charge in [0.15, 0.2) is 0 Å². The number of hydrogen-bond acceptors (Lipinski definition) is 2. The van der Waals surface area contributed by atoms with Crippen molar-refractivity contribution in [1.29, 1.82) is 0 Å². The van der Waals surface area contributed by atoms with E-state index in [1.807, 2.05) is 6.92 Å². The van der Waals surface area contributed by atoms with Crippen LogP contribution in [-0.4, -0.2) is 16.9 Å². The molecule has 3 heteroatoms. The van der Waals surface area contributed by atoms with Crippen LogP contribution < -0.4 is 4.72 Å². The quantitative estimate of drug-likeness (QED) is 0.475. The summed E-state index contributed by atoms with van der Waals surface area (Å²) in [5.74, 6) is 0.781. The fourth-order valence-corrected chi connectivity index (χ4v) is 1.51. The SMILES string of the molecule is CCCCN[S+]([O-])CCC. The Bertz CT molecular complexity index is 70.6. The maximum Gasteiger partial charge on any atom is 0.125 e. The lowest BCUT2D eigenvalue weighted by Gasteiger charge is -2.08. The molecule has 0 aliphatic carbocycles. The Hall–Kier alpha value is 0.270. The summed E-state index contributed by atoms with van der Waals surface area (Å²) in [6.45, 7) is 5.06. The summed E-state index contributed by atoms with van der Waals surface area (Å²) in [7, 11) is 0. The van der Waals surface area contributed by atoms with E-state index in [2.05, 4.69) is 11.6 Å². The van der Waals surface area contributed by atoms with E-state index in [1.54, 1.807) is 0 Å². The normalized spacial score (nSPS) is 13.5. The van der Waals surface area contributed by atoms with Crippen molar-refractivity contribution in [3.8, 4) is 0 Å². The van der Waals surface area contributed by atoms with Crippen molar-refractivity contribution >= 4 is 11.4 Å². The van der Waals surface area contributed by atoms with Gasteiger partial charge in [-0.3, -0.25) is 0 Å². The lowest BCUT2D eigenvalue weighted by molar-refractivity contribution is 0.576. The molecule has 0 aromatic heterocycles. The topological polar surface area (TPSA) is 35.1 Å². The highest BCUT2D eigenvalue weighted by Gasteiger charge is 2.00. The highest BCUT2D eigenvalue weighted by atomic mass is 32.2. The van der Waals surface area contributed by atoms with Crippen LogP contribution in [-0.2, 0) is 11.4 Å². The van der Waals surface area contributed by atoms with Gasteiger partial charge in [0.1, 0.15) is 5.75 Å². The highest BCUT2D eigenvalue weighted by Crippen LogP contribution is 1.90. The largest absolute Gasteiger partial charge is 0.598 e. The second-order valence-electron chi connectivity index (χ2n) is 2.30. The van der Waals surface area contributed by atoms with Gasteiger partial charge in [-0.15, -0.1) is 4.72 Å². The van der Waals surface area contributed by atoms with Gasteiger partial charge < -0.3 is 4.55 Å². The molecule has 1 N–H and O–H groups in total. The molecule has 0 rings (SSSR count). The summed E-state index contributed by atoms with van der Waals surface area (Å²) >= 11 is -0.772. The average Bonchev–Trinajstić information content (AvgIpc) is 1.89.